The van der Waals surface area contributed by atoms with Gasteiger partial charge in [0.05, 0.1) is 7.11 Å². The Hall–Kier alpha value is -1.06. The molecule has 2 unspecified atom stereocenters. The van der Waals surface area contributed by atoms with Gasteiger partial charge in [-0.15, -0.1) is 0 Å². The first-order valence-corrected chi connectivity index (χ1v) is 6.93. The molecule has 0 amide bonds. The van der Waals surface area contributed by atoms with E-state index >= 15 is 0 Å². The molecule has 0 fully saturated rings. The van der Waals surface area contributed by atoms with Crippen molar-refractivity contribution >= 4 is 0 Å². The van der Waals surface area contributed by atoms with Gasteiger partial charge in [-0.3, -0.25) is 0 Å². The van der Waals surface area contributed by atoms with Gasteiger partial charge in [-0.25, -0.2) is 0 Å². The van der Waals surface area contributed by atoms with Crippen LogP contribution in [0.25, 0.3) is 0 Å². The predicted molar refractivity (Wildman–Crippen MR) is 81.5 cm³/mol. The lowest BCUT2D eigenvalue weighted by Gasteiger charge is -2.35. The van der Waals surface area contributed by atoms with Crippen LogP contribution in [0, 0.1) is 18.8 Å². The second-order valence-electron chi connectivity index (χ2n) is 5.78. The van der Waals surface area contributed by atoms with Crippen molar-refractivity contribution in [1.82, 2.24) is 4.90 Å². The second kappa shape index (κ2) is 6.92. The van der Waals surface area contributed by atoms with Crippen LogP contribution in [0.4, 0.5) is 0 Å². The third-order valence-electron chi connectivity index (χ3n) is 3.85. The van der Waals surface area contributed by atoms with Crippen LogP contribution in [0.3, 0.4) is 0 Å². The van der Waals surface area contributed by atoms with Gasteiger partial charge in [0.2, 0.25) is 0 Å². The van der Waals surface area contributed by atoms with Crippen molar-refractivity contribution in [3.8, 4) is 5.75 Å². The minimum absolute atomic E-state index is 0.342. The molecule has 0 spiro atoms. The molecular formula is C16H28N2O. The van der Waals surface area contributed by atoms with Crippen molar-refractivity contribution in [3.05, 3.63) is 29.3 Å². The highest BCUT2D eigenvalue weighted by Gasteiger charge is 2.27. The van der Waals surface area contributed by atoms with Crippen LogP contribution in [0.2, 0.25) is 0 Å². The standard InChI is InChI=1S/C16H28N2O/c1-11(2)14(10-17)16(18(4)5)13-7-8-15(19-6)12(3)9-13/h7-9,11,14,16H,10,17H2,1-6H3. The van der Waals surface area contributed by atoms with Crippen molar-refractivity contribution in [1.29, 1.82) is 0 Å². The second-order valence-corrected chi connectivity index (χ2v) is 5.78. The number of nitrogens with zero attached hydrogens (tertiary/aromatic N) is 1. The fraction of sp³-hybridized carbons (Fsp3) is 0.625. The Morgan fingerprint density at radius 2 is 1.89 bits per heavy atom. The van der Waals surface area contributed by atoms with Gasteiger partial charge in [0.15, 0.2) is 0 Å². The maximum Gasteiger partial charge on any atom is 0.121 e. The lowest BCUT2D eigenvalue weighted by Crippen LogP contribution is -2.35. The average molecular weight is 264 g/mol. The van der Waals surface area contributed by atoms with E-state index in [1.54, 1.807) is 7.11 Å². The van der Waals surface area contributed by atoms with E-state index in [0.717, 1.165) is 5.75 Å². The summed E-state index contributed by atoms with van der Waals surface area (Å²) in [5, 5.41) is 0. The minimum atomic E-state index is 0.342. The molecule has 0 saturated carbocycles. The summed E-state index contributed by atoms with van der Waals surface area (Å²) < 4.78 is 5.34. The third-order valence-corrected chi connectivity index (χ3v) is 3.85. The molecule has 0 heterocycles. The van der Waals surface area contributed by atoms with E-state index in [9.17, 15) is 0 Å². The smallest absolute Gasteiger partial charge is 0.121 e. The molecule has 3 nitrogen and oxygen atoms in total. The summed E-state index contributed by atoms with van der Waals surface area (Å²) in [6.07, 6.45) is 0. The molecule has 0 bridgehead atoms. The van der Waals surface area contributed by atoms with Crippen molar-refractivity contribution in [2.45, 2.75) is 26.8 Å². The quantitative estimate of drug-likeness (QED) is 0.858. The number of hydrogen-bond donors (Lipinski definition) is 1. The molecule has 1 aromatic carbocycles. The largest absolute Gasteiger partial charge is 0.496 e. The van der Waals surface area contributed by atoms with Crippen LogP contribution in [0.15, 0.2) is 18.2 Å². The Morgan fingerprint density at radius 1 is 1.26 bits per heavy atom. The normalized spacial score (nSPS) is 14.8. The highest BCUT2D eigenvalue weighted by Crippen LogP contribution is 2.33. The monoisotopic (exact) mass is 264 g/mol. The molecule has 108 valence electrons. The van der Waals surface area contributed by atoms with Crippen molar-refractivity contribution in [2.24, 2.45) is 17.6 Å². The SMILES string of the molecule is COc1ccc(C(C(CN)C(C)C)N(C)C)cc1C. The molecule has 1 rings (SSSR count). The zero-order valence-electron chi connectivity index (χ0n) is 13.1. The van der Waals surface area contributed by atoms with E-state index in [0.29, 0.717) is 24.4 Å². The third kappa shape index (κ3) is 3.71. The molecule has 0 radical (unpaired) electrons. The highest BCUT2D eigenvalue weighted by molar-refractivity contribution is 5.37. The van der Waals surface area contributed by atoms with Crippen LogP contribution in [0.1, 0.15) is 31.0 Å². The maximum atomic E-state index is 5.99. The Kier molecular flexibility index (Phi) is 5.83. The van der Waals surface area contributed by atoms with Gasteiger partial charge < -0.3 is 15.4 Å². The molecule has 0 aliphatic carbocycles. The molecule has 0 aromatic heterocycles. The fourth-order valence-electron chi connectivity index (χ4n) is 2.78. The van der Waals surface area contributed by atoms with Gasteiger partial charge in [-0.2, -0.15) is 0 Å². The number of ether oxygens (including phenoxy) is 1. The summed E-state index contributed by atoms with van der Waals surface area (Å²) in [5.41, 5.74) is 8.48. The number of aryl methyl sites for hydroxylation is 1. The van der Waals surface area contributed by atoms with Crippen LogP contribution in [-0.2, 0) is 0 Å². The zero-order valence-corrected chi connectivity index (χ0v) is 13.1. The molecular weight excluding hydrogens is 236 g/mol. The summed E-state index contributed by atoms with van der Waals surface area (Å²) in [6.45, 7) is 7.27. The van der Waals surface area contributed by atoms with Gasteiger partial charge in [-0.1, -0.05) is 26.0 Å². The number of benzene rings is 1. The summed E-state index contributed by atoms with van der Waals surface area (Å²) >= 11 is 0. The number of nitrogens with two attached hydrogens (primary N) is 1. The molecule has 3 heteroatoms. The Labute approximate surface area is 117 Å². The zero-order chi connectivity index (χ0) is 14.6. The van der Waals surface area contributed by atoms with Crippen molar-refractivity contribution < 1.29 is 4.74 Å². The van der Waals surface area contributed by atoms with E-state index in [2.05, 4.69) is 58.0 Å². The van der Waals surface area contributed by atoms with E-state index in [1.165, 1.54) is 11.1 Å². The topological polar surface area (TPSA) is 38.5 Å². The van der Waals surface area contributed by atoms with E-state index < -0.39 is 0 Å². The molecule has 1 aromatic rings. The molecule has 0 saturated heterocycles. The van der Waals surface area contributed by atoms with Crippen molar-refractivity contribution in [3.63, 3.8) is 0 Å². The van der Waals surface area contributed by atoms with E-state index in [-0.39, 0.29) is 0 Å². The number of methoxy groups -OCH3 is 1. The Balaban J connectivity index is 3.15. The molecule has 0 aliphatic rings. The first kappa shape index (κ1) is 16.0. The minimum Gasteiger partial charge on any atom is -0.496 e. The fourth-order valence-corrected chi connectivity index (χ4v) is 2.78. The van der Waals surface area contributed by atoms with Gasteiger partial charge in [0, 0.05) is 6.04 Å². The lowest BCUT2D eigenvalue weighted by atomic mass is 9.83. The van der Waals surface area contributed by atoms with Gasteiger partial charge in [0.25, 0.3) is 0 Å². The van der Waals surface area contributed by atoms with Gasteiger partial charge >= 0.3 is 0 Å². The summed E-state index contributed by atoms with van der Waals surface area (Å²) in [7, 11) is 5.95. The molecule has 2 atom stereocenters. The Morgan fingerprint density at radius 3 is 2.26 bits per heavy atom. The van der Waals surface area contributed by atoms with Gasteiger partial charge in [-0.05, 0) is 56.6 Å². The lowest BCUT2D eigenvalue weighted by molar-refractivity contribution is 0.175. The Bertz CT molecular complexity index is 402. The molecule has 19 heavy (non-hydrogen) atoms. The van der Waals surface area contributed by atoms with Crippen LogP contribution < -0.4 is 10.5 Å². The van der Waals surface area contributed by atoms with E-state index in [4.69, 9.17) is 10.5 Å². The summed E-state index contributed by atoms with van der Waals surface area (Å²) in [5.74, 6) is 1.94. The molecule has 2 N–H and O–H groups in total. The highest BCUT2D eigenvalue weighted by atomic mass is 16.5. The number of hydrogen-bond acceptors (Lipinski definition) is 3. The first-order chi connectivity index (χ1) is 8.92. The maximum absolute atomic E-state index is 5.99. The van der Waals surface area contributed by atoms with Crippen LogP contribution >= 0.6 is 0 Å². The predicted octanol–water partition coefficient (Wildman–Crippen LogP) is 2.84. The average Bonchev–Trinajstić information content (AvgIpc) is 2.34. The van der Waals surface area contributed by atoms with Crippen LogP contribution in [-0.4, -0.2) is 32.6 Å². The number of rotatable bonds is 6. The van der Waals surface area contributed by atoms with Crippen molar-refractivity contribution in [2.75, 3.05) is 27.7 Å². The summed E-state index contributed by atoms with van der Waals surface area (Å²) in [6, 6.07) is 6.76. The van der Waals surface area contributed by atoms with Gasteiger partial charge in [0.1, 0.15) is 5.75 Å². The van der Waals surface area contributed by atoms with E-state index in [1.807, 2.05) is 0 Å². The first-order valence-electron chi connectivity index (χ1n) is 6.93. The van der Waals surface area contributed by atoms with Crippen LogP contribution in [0.5, 0.6) is 5.75 Å². The molecule has 0 aliphatic heterocycles. The summed E-state index contributed by atoms with van der Waals surface area (Å²) in [4.78, 5) is 2.26.